The van der Waals surface area contributed by atoms with Crippen LogP contribution in [0.1, 0.15) is 11.1 Å². The lowest BCUT2D eigenvalue weighted by Crippen LogP contribution is -2.00. The zero-order valence-corrected chi connectivity index (χ0v) is 24.4. The zero-order valence-electron chi connectivity index (χ0n) is 21.2. The van der Waals surface area contributed by atoms with E-state index in [-0.39, 0.29) is 17.2 Å². The minimum absolute atomic E-state index is 0.0505. The molecule has 40 heavy (non-hydrogen) atoms. The molecule has 12 heteroatoms. The van der Waals surface area contributed by atoms with Gasteiger partial charge in [0.1, 0.15) is 29.3 Å². The smallest absolute Gasteiger partial charge is 0.335 e. The number of hydrogen-bond acceptors (Lipinski definition) is 9. The second-order valence-corrected chi connectivity index (χ2v) is 9.50. The summed E-state index contributed by atoms with van der Waals surface area (Å²) < 4.78 is 12.5. The third-order valence-electron chi connectivity index (χ3n) is 5.39. The van der Waals surface area contributed by atoms with Gasteiger partial charge in [-0.2, -0.15) is 10.5 Å². The highest BCUT2D eigenvalue weighted by Gasteiger charge is 2.25. The predicted molar refractivity (Wildman–Crippen MR) is 161 cm³/mol. The molecule has 4 N–H and O–H groups in total. The molecule has 0 spiro atoms. The van der Waals surface area contributed by atoms with Crippen LogP contribution in [0.5, 0.6) is 23.0 Å². The van der Waals surface area contributed by atoms with Gasteiger partial charge in [0.25, 0.3) is 0 Å². The molecule has 202 valence electrons. The van der Waals surface area contributed by atoms with Crippen molar-refractivity contribution in [3.8, 4) is 35.1 Å². The predicted octanol–water partition coefficient (Wildman–Crippen LogP) is 7.80. The van der Waals surface area contributed by atoms with Gasteiger partial charge in [-0.05, 0) is 80.4 Å². The van der Waals surface area contributed by atoms with Gasteiger partial charge in [0.05, 0.1) is 36.4 Å². The maximum atomic E-state index is 11.3. The van der Waals surface area contributed by atoms with Crippen molar-refractivity contribution in [2.24, 2.45) is 0 Å². The van der Waals surface area contributed by atoms with E-state index in [1.807, 2.05) is 24.3 Å². The Morgan fingerprint density at radius 1 is 0.775 bits per heavy atom. The number of halogens is 2. The quantitative estimate of drug-likeness (QED) is 0.102. The number of nitrogens with one attached hydrogen (secondary N) is 2. The van der Waals surface area contributed by atoms with E-state index in [1.165, 1.54) is 0 Å². The first-order chi connectivity index (χ1) is 19.2. The van der Waals surface area contributed by atoms with Gasteiger partial charge in [0.2, 0.25) is 5.75 Å². The van der Waals surface area contributed by atoms with Gasteiger partial charge in [-0.3, -0.25) is 10.1 Å². The SMILES string of the molecule is CNc1ccc(Br)c(Oc2ccccc2C#N)c1N.CNc1ccc(Br)c(Oc2ccccc2C#N)c1[N+](=O)[O-]. The number of nitriles is 2. The highest BCUT2D eigenvalue weighted by atomic mass is 79.9. The monoisotopic (exact) mass is 664 g/mol. The number of nitro groups is 1. The van der Waals surface area contributed by atoms with E-state index in [1.54, 1.807) is 68.7 Å². The van der Waals surface area contributed by atoms with Crippen molar-refractivity contribution in [2.75, 3.05) is 30.5 Å². The van der Waals surface area contributed by atoms with Crippen LogP contribution in [-0.2, 0) is 0 Å². The Bertz CT molecular complexity index is 1630. The average Bonchev–Trinajstić information content (AvgIpc) is 2.97. The number of benzene rings is 4. The zero-order chi connectivity index (χ0) is 29.2. The fourth-order valence-electron chi connectivity index (χ4n) is 3.44. The van der Waals surface area contributed by atoms with Crippen molar-refractivity contribution >= 4 is 54.6 Å². The van der Waals surface area contributed by atoms with Crippen molar-refractivity contribution < 1.29 is 14.4 Å². The second-order valence-electron chi connectivity index (χ2n) is 7.79. The first-order valence-electron chi connectivity index (χ1n) is 11.5. The largest absolute Gasteiger partial charge is 0.453 e. The lowest BCUT2D eigenvalue weighted by Gasteiger charge is -2.14. The first-order valence-corrected chi connectivity index (χ1v) is 13.1. The van der Waals surface area contributed by atoms with Crippen molar-refractivity contribution in [1.82, 2.24) is 0 Å². The van der Waals surface area contributed by atoms with Gasteiger partial charge >= 0.3 is 5.69 Å². The number of nitrogens with two attached hydrogens (primary N) is 1. The molecule has 0 fully saturated rings. The molecule has 0 atom stereocenters. The molecule has 0 aliphatic rings. The number of para-hydroxylation sites is 2. The number of rotatable bonds is 7. The van der Waals surface area contributed by atoms with Crippen molar-refractivity contribution in [1.29, 1.82) is 10.5 Å². The molecule has 0 unspecified atom stereocenters. The van der Waals surface area contributed by atoms with E-state index in [0.717, 1.165) is 10.2 Å². The van der Waals surface area contributed by atoms with Gasteiger partial charge < -0.3 is 25.8 Å². The summed E-state index contributed by atoms with van der Waals surface area (Å²) in [5.74, 6) is 1.28. The van der Waals surface area contributed by atoms with Crippen molar-refractivity contribution in [3.63, 3.8) is 0 Å². The van der Waals surface area contributed by atoms with E-state index in [4.69, 9.17) is 25.7 Å². The fourth-order valence-corrected chi connectivity index (χ4v) is 4.26. The molecule has 0 amide bonds. The second kappa shape index (κ2) is 13.8. The number of nitrogen functional groups attached to an aromatic ring is 1. The Morgan fingerprint density at radius 2 is 1.23 bits per heavy atom. The van der Waals surface area contributed by atoms with Gasteiger partial charge in [0, 0.05) is 14.1 Å². The molecule has 0 heterocycles. The molecular formula is C28H22Br2N6O4. The lowest BCUT2D eigenvalue weighted by molar-refractivity contribution is -0.384. The summed E-state index contributed by atoms with van der Waals surface area (Å²) in [6, 6.07) is 24.6. The number of anilines is 3. The molecule has 0 aliphatic heterocycles. The molecule has 4 aromatic rings. The normalized spacial score (nSPS) is 9.75. The number of nitro benzene ring substituents is 1. The van der Waals surface area contributed by atoms with Crippen molar-refractivity contribution in [3.05, 3.63) is 103 Å². The Hall–Kier alpha value is -4.78. The minimum Gasteiger partial charge on any atom is -0.453 e. The fraction of sp³-hybridized carbons (Fsp3) is 0.0714. The lowest BCUT2D eigenvalue weighted by atomic mass is 10.2. The van der Waals surface area contributed by atoms with Crippen LogP contribution in [0.4, 0.5) is 22.7 Å². The standard InChI is InChI=1S/C14H10BrN3O3.C14H12BrN3O/c1-17-11-7-6-10(15)14(13(11)18(19)20)21-12-5-3-2-4-9(12)8-16;1-18-11-7-6-10(15)14(13(11)17)19-12-5-3-2-4-9(12)8-16/h2-7,17H,1H3;2-7,18H,17H2,1H3. The molecule has 0 radical (unpaired) electrons. The first kappa shape index (κ1) is 29.8. The molecule has 4 aromatic carbocycles. The Labute approximate surface area is 247 Å². The summed E-state index contributed by atoms with van der Waals surface area (Å²) in [6.45, 7) is 0. The van der Waals surface area contributed by atoms with Crippen LogP contribution in [0.25, 0.3) is 0 Å². The van der Waals surface area contributed by atoms with E-state index in [2.05, 4.69) is 48.6 Å². The highest BCUT2D eigenvalue weighted by molar-refractivity contribution is 9.11. The molecule has 0 aromatic heterocycles. The maximum absolute atomic E-state index is 11.3. The van der Waals surface area contributed by atoms with Crippen molar-refractivity contribution in [2.45, 2.75) is 0 Å². The van der Waals surface area contributed by atoms with Gasteiger partial charge in [0.15, 0.2) is 5.75 Å². The molecule has 10 nitrogen and oxygen atoms in total. The van der Waals surface area contributed by atoms with Gasteiger partial charge in [-0.15, -0.1) is 0 Å². The average molecular weight is 666 g/mol. The molecule has 0 aliphatic carbocycles. The minimum atomic E-state index is -0.527. The van der Waals surface area contributed by atoms with E-state index < -0.39 is 4.92 Å². The number of nitrogens with zero attached hydrogens (tertiary/aromatic N) is 3. The van der Waals surface area contributed by atoms with Crippen LogP contribution in [-0.4, -0.2) is 19.0 Å². The number of hydrogen-bond donors (Lipinski definition) is 3. The van der Waals surface area contributed by atoms with Crippen LogP contribution < -0.4 is 25.8 Å². The summed E-state index contributed by atoms with van der Waals surface area (Å²) in [6.07, 6.45) is 0. The van der Waals surface area contributed by atoms with E-state index >= 15 is 0 Å². The van der Waals surface area contributed by atoms with Gasteiger partial charge in [-0.25, -0.2) is 0 Å². The van der Waals surface area contributed by atoms with Crippen LogP contribution in [0.2, 0.25) is 0 Å². The van der Waals surface area contributed by atoms with Crippen LogP contribution in [0.3, 0.4) is 0 Å². The summed E-state index contributed by atoms with van der Waals surface area (Å²) in [5, 5.41) is 35.1. The summed E-state index contributed by atoms with van der Waals surface area (Å²) in [7, 11) is 3.37. The summed E-state index contributed by atoms with van der Waals surface area (Å²) in [5.41, 5.74) is 8.19. The van der Waals surface area contributed by atoms with Crippen LogP contribution >= 0.6 is 31.9 Å². The third-order valence-corrected chi connectivity index (χ3v) is 6.64. The molecule has 0 saturated carbocycles. The highest BCUT2D eigenvalue weighted by Crippen LogP contribution is 2.43. The molecular weight excluding hydrogens is 644 g/mol. The molecule has 0 bridgehead atoms. The molecule has 0 saturated heterocycles. The summed E-state index contributed by atoms with van der Waals surface area (Å²) >= 11 is 6.64. The van der Waals surface area contributed by atoms with Crippen LogP contribution in [0, 0.1) is 32.8 Å². The topological polar surface area (TPSA) is 159 Å². The Kier molecular flexibility index (Phi) is 10.3. The Balaban J connectivity index is 0.000000222. The molecule has 4 rings (SSSR count). The van der Waals surface area contributed by atoms with Gasteiger partial charge in [-0.1, -0.05) is 24.3 Å². The Morgan fingerprint density at radius 3 is 1.70 bits per heavy atom. The number of ether oxygens (including phenoxy) is 2. The van der Waals surface area contributed by atoms with E-state index in [0.29, 0.717) is 38.5 Å². The third kappa shape index (κ3) is 6.80. The van der Waals surface area contributed by atoms with Crippen LogP contribution in [0.15, 0.2) is 81.7 Å². The van der Waals surface area contributed by atoms with E-state index in [9.17, 15) is 10.1 Å². The summed E-state index contributed by atoms with van der Waals surface area (Å²) in [4.78, 5) is 10.8. The maximum Gasteiger partial charge on any atom is 0.335 e.